The molecule has 2 unspecified atom stereocenters. The first kappa shape index (κ1) is 16.1. The van der Waals surface area contributed by atoms with Gasteiger partial charge in [-0.25, -0.2) is 0 Å². The van der Waals surface area contributed by atoms with Crippen LogP contribution in [0.2, 0.25) is 0 Å². The zero-order chi connectivity index (χ0) is 13.1. The molecule has 0 aliphatic rings. The summed E-state index contributed by atoms with van der Waals surface area (Å²) in [4.78, 5) is 11.0. The van der Waals surface area contributed by atoms with Crippen LogP contribution in [-0.2, 0) is 9.53 Å². The standard InChI is InChI=1S/C13H24O4/c1-11(12(2)15)7-5-3-4-6-8-13(16)17-10-9-14/h3,5,11-12,14-15H,4,6-10H2,1-2H3. The fourth-order valence-corrected chi connectivity index (χ4v) is 1.22. The van der Waals surface area contributed by atoms with Crippen molar-refractivity contribution >= 4 is 5.97 Å². The van der Waals surface area contributed by atoms with Gasteiger partial charge in [-0.15, -0.1) is 0 Å². The zero-order valence-corrected chi connectivity index (χ0v) is 10.8. The van der Waals surface area contributed by atoms with Crippen LogP contribution in [0.5, 0.6) is 0 Å². The van der Waals surface area contributed by atoms with E-state index in [0.717, 1.165) is 19.3 Å². The van der Waals surface area contributed by atoms with Gasteiger partial charge in [0.05, 0.1) is 12.7 Å². The number of aliphatic hydroxyl groups excluding tert-OH is 2. The second-order valence-corrected chi connectivity index (χ2v) is 4.26. The molecule has 2 N–H and O–H groups in total. The summed E-state index contributed by atoms with van der Waals surface area (Å²) in [5.74, 6) is 0.00516. The van der Waals surface area contributed by atoms with Gasteiger partial charge in [0.25, 0.3) is 0 Å². The Morgan fingerprint density at radius 1 is 1.35 bits per heavy atom. The van der Waals surface area contributed by atoms with Gasteiger partial charge in [-0.1, -0.05) is 19.1 Å². The molecular weight excluding hydrogens is 220 g/mol. The lowest BCUT2D eigenvalue weighted by atomic mass is 10.0. The van der Waals surface area contributed by atoms with Crippen molar-refractivity contribution in [3.05, 3.63) is 12.2 Å². The van der Waals surface area contributed by atoms with Gasteiger partial charge in [-0.2, -0.15) is 0 Å². The lowest BCUT2D eigenvalue weighted by Crippen LogP contribution is -2.11. The molecule has 0 aromatic carbocycles. The predicted octanol–water partition coefficient (Wildman–Crippen LogP) is 1.66. The van der Waals surface area contributed by atoms with E-state index in [9.17, 15) is 9.90 Å². The minimum Gasteiger partial charge on any atom is -0.463 e. The number of aliphatic hydroxyl groups is 2. The molecule has 0 spiro atoms. The van der Waals surface area contributed by atoms with Crippen molar-refractivity contribution in [2.75, 3.05) is 13.2 Å². The molecule has 0 aliphatic heterocycles. The number of ether oxygens (including phenoxy) is 1. The Morgan fingerprint density at radius 3 is 2.65 bits per heavy atom. The molecule has 0 heterocycles. The molecular formula is C13H24O4. The van der Waals surface area contributed by atoms with Gasteiger partial charge in [-0.05, 0) is 32.1 Å². The van der Waals surface area contributed by atoms with E-state index in [4.69, 9.17) is 9.84 Å². The first-order valence-corrected chi connectivity index (χ1v) is 6.17. The fourth-order valence-electron chi connectivity index (χ4n) is 1.22. The van der Waals surface area contributed by atoms with Gasteiger partial charge >= 0.3 is 5.97 Å². The molecule has 0 aliphatic carbocycles. The summed E-state index contributed by atoms with van der Waals surface area (Å²) < 4.78 is 4.72. The molecule has 0 aromatic rings. The zero-order valence-electron chi connectivity index (χ0n) is 10.8. The van der Waals surface area contributed by atoms with Crippen molar-refractivity contribution < 1.29 is 19.7 Å². The lowest BCUT2D eigenvalue weighted by molar-refractivity contribution is -0.144. The van der Waals surface area contributed by atoms with Crippen molar-refractivity contribution in [2.45, 2.75) is 45.6 Å². The summed E-state index contributed by atoms with van der Waals surface area (Å²) in [6, 6.07) is 0. The number of hydrogen-bond donors (Lipinski definition) is 2. The van der Waals surface area contributed by atoms with E-state index in [0.29, 0.717) is 6.42 Å². The van der Waals surface area contributed by atoms with Gasteiger partial charge in [0.2, 0.25) is 0 Å². The molecule has 0 rings (SSSR count). The summed E-state index contributed by atoms with van der Waals surface area (Å²) in [7, 11) is 0. The molecule has 17 heavy (non-hydrogen) atoms. The monoisotopic (exact) mass is 244 g/mol. The third-order valence-electron chi connectivity index (χ3n) is 2.60. The largest absolute Gasteiger partial charge is 0.463 e. The normalized spacial score (nSPS) is 14.8. The van der Waals surface area contributed by atoms with E-state index in [1.807, 2.05) is 19.1 Å². The SMILES string of the molecule is CC(O)C(C)CC=CCCCC(=O)OCCO. The Kier molecular flexibility index (Phi) is 9.77. The Morgan fingerprint density at radius 2 is 2.06 bits per heavy atom. The van der Waals surface area contributed by atoms with Crippen LogP contribution < -0.4 is 0 Å². The smallest absolute Gasteiger partial charge is 0.305 e. The average Bonchev–Trinajstić information content (AvgIpc) is 2.30. The summed E-state index contributed by atoms with van der Waals surface area (Å²) in [6.07, 6.45) is 6.61. The molecule has 2 atom stereocenters. The van der Waals surface area contributed by atoms with Crippen LogP contribution in [0, 0.1) is 5.92 Å². The second kappa shape index (κ2) is 10.3. The number of rotatable bonds is 9. The fraction of sp³-hybridized carbons (Fsp3) is 0.769. The van der Waals surface area contributed by atoms with E-state index in [1.54, 1.807) is 6.92 Å². The van der Waals surface area contributed by atoms with Crippen LogP contribution >= 0.6 is 0 Å². The van der Waals surface area contributed by atoms with Gasteiger partial charge < -0.3 is 14.9 Å². The van der Waals surface area contributed by atoms with Gasteiger partial charge in [0.1, 0.15) is 6.61 Å². The minimum atomic E-state index is -0.284. The molecule has 4 nitrogen and oxygen atoms in total. The Balaban J connectivity index is 3.44. The maximum Gasteiger partial charge on any atom is 0.305 e. The first-order valence-electron chi connectivity index (χ1n) is 6.17. The molecule has 0 aromatic heterocycles. The quantitative estimate of drug-likeness (QED) is 0.368. The molecule has 0 amide bonds. The highest BCUT2D eigenvalue weighted by molar-refractivity contribution is 5.69. The number of unbranched alkanes of at least 4 members (excludes halogenated alkanes) is 1. The first-order chi connectivity index (χ1) is 8.07. The molecule has 0 bridgehead atoms. The summed E-state index contributed by atoms with van der Waals surface area (Å²) >= 11 is 0. The maximum absolute atomic E-state index is 11.0. The molecule has 0 saturated heterocycles. The van der Waals surface area contributed by atoms with Crippen LogP contribution in [-0.4, -0.2) is 35.5 Å². The summed E-state index contributed by atoms with van der Waals surface area (Å²) in [5.41, 5.74) is 0. The number of hydrogen-bond acceptors (Lipinski definition) is 4. The topological polar surface area (TPSA) is 66.8 Å². The Labute approximate surface area is 103 Å². The predicted molar refractivity (Wildman–Crippen MR) is 66.5 cm³/mol. The van der Waals surface area contributed by atoms with Crippen molar-refractivity contribution in [1.29, 1.82) is 0 Å². The third kappa shape index (κ3) is 10.0. The number of carbonyl (C=O) groups is 1. The van der Waals surface area contributed by atoms with E-state index >= 15 is 0 Å². The lowest BCUT2D eigenvalue weighted by Gasteiger charge is -2.10. The van der Waals surface area contributed by atoms with Crippen molar-refractivity contribution in [1.82, 2.24) is 0 Å². The Hall–Kier alpha value is -0.870. The number of esters is 1. The number of carbonyl (C=O) groups excluding carboxylic acids is 1. The second-order valence-electron chi connectivity index (χ2n) is 4.26. The Bertz CT molecular complexity index is 223. The molecule has 0 radical (unpaired) electrons. The summed E-state index contributed by atoms with van der Waals surface area (Å²) in [5, 5.41) is 17.7. The van der Waals surface area contributed by atoms with Gasteiger partial charge in [0.15, 0.2) is 0 Å². The highest BCUT2D eigenvalue weighted by Crippen LogP contribution is 2.09. The minimum absolute atomic E-state index is 0.0839. The molecule has 0 saturated carbocycles. The van der Waals surface area contributed by atoms with Crippen LogP contribution in [0.1, 0.15) is 39.5 Å². The van der Waals surface area contributed by atoms with Crippen molar-refractivity contribution in [2.24, 2.45) is 5.92 Å². The van der Waals surface area contributed by atoms with Gasteiger partial charge in [0, 0.05) is 6.42 Å². The highest BCUT2D eigenvalue weighted by Gasteiger charge is 2.05. The third-order valence-corrected chi connectivity index (χ3v) is 2.60. The number of allylic oxidation sites excluding steroid dienone is 2. The van der Waals surface area contributed by atoms with E-state index in [2.05, 4.69) is 0 Å². The average molecular weight is 244 g/mol. The summed E-state index contributed by atoms with van der Waals surface area (Å²) in [6.45, 7) is 3.75. The van der Waals surface area contributed by atoms with Crippen LogP contribution in [0.15, 0.2) is 12.2 Å². The van der Waals surface area contributed by atoms with Crippen molar-refractivity contribution in [3.8, 4) is 0 Å². The van der Waals surface area contributed by atoms with Crippen LogP contribution in [0.4, 0.5) is 0 Å². The van der Waals surface area contributed by atoms with E-state index in [1.165, 1.54) is 0 Å². The molecule has 4 heteroatoms. The van der Waals surface area contributed by atoms with Gasteiger partial charge in [-0.3, -0.25) is 4.79 Å². The molecule has 0 fully saturated rings. The van der Waals surface area contributed by atoms with Crippen LogP contribution in [0.25, 0.3) is 0 Å². The maximum atomic E-state index is 11.0. The van der Waals surface area contributed by atoms with E-state index < -0.39 is 0 Å². The van der Waals surface area contributed by atoms with Crippen molar-refractivity contribution in [3.63, 3.8) is 0 Å². The van der Waals surface area contributed by atoms with E-state index in [-0.39, 0.29) is 31.2 Å². The highest BCUT2D eigenvalue weighted by atomic mass is 16.5. The van der Waals surface area contributed by atoms with Crippen LogP contribution in [0.3, 0.4) is 0 Å². The molecule has 100 valence electrons.